The SMILES string of the molecule is CC/C=C\C/C=C\C/C=C\C/C=C\C/C=C\C/C=C\CCCCCCC(=O)NC(COP(=O)(O)OCC[N+](C)(C)C)C(/C=C\CCCCCCCCCCC)OC(=O)CCCCCCCC/C=C/C=C/CCCCC. The first-order valence-electron chi connectivity index (χ1n) is 30.2. The number of quaternary nitrogens is 1. The number of esters is 1. The van der Waals surface area contributed by atoms with Crippen molar-refractivity contribution in [1.82, 2.24) is 5.32 Å². The molecule has 0 aromatic heterocycles. The molecule has 0 rings (SSSR count). The average Bonchev–Trinajstić information content (AvgIpc) is 3.37. The molecule has 75 heavy (non-hydrogen) atoms. The van der Waals surface area contributed by atoms with Gasteiger partial charge in [0, 0.05) is 12.8 Å². The molecule has 0 spiro atoms. The minimum atomic E-state index is -4.46. The Morgan fingerprint density at radius 1 is 0.493 bits per heavy atom. The number of amides is 1. The lowest BCUT2D eigenvalue weighted by atomic mass is 10.1. The van der Waals surface area contributed by atoms with Crippen molar-refractivity contribution in [2.24, 2.45) is 0 Å². The summed E-state index contributed by atoms with van der Waals surface area (Å²) in [6.07, 6.45) is 73.7. The van der Waals surface area contributed by atoms with Crippen molar-refractivity contribution in [3.8, 4) is 0 Å². The number of allylic oxidation sites excluding steroid dienone is 17. The van der Waals surface area contributed by atoms with Crippen LogP contribution in [0.5, 0.6) is 0 Å². The van der Waals surface area contributed by atoms with E-state index >= 15 is 0 Å². The predicted octanol–water partition coefficient (Wildman–Crippen LogP) is 18.6. The molecule has 3 atom stereocenters. The molecule has 9 nitrogen and oxygen atoms in total. The lowest BCUT2D eigenvalue weighted by molar-refractivity contribution is -0.870. The van der Waals surface area contributed by atoms with Gasteiger partial charge in [-0.2, -0.15) is 0 Å². The van der Waals surface area contributed by atoms with Gasteiger partial charge in [-0.15, -0.1) is 0 Å². The van der Waals surface area contributed by atoms with Crippen LogP contribution < -0.4 is 5.32 Å². The summed E-state index contributed by atoms with van der Waals surface area (Å²) in [6.45, 7) is 6.82. The molecule has 0 aromatic rings. The summed E-state index contributed by atoms with van der Waals surface area (Å²) in [5.41, 5.74) is 0. The van der Waals surface area contributed by atoms with Gasteiger partial charge in [-0.1, -0.05) is 227 Å². The maximum Gasteiger partial charge on any atom is 0.472 e. The van der Waals surface area contributed by atoms with E-state index < -0.39 is 20.0 Å². The van der Waals surface area contributed by atoms with Crippen LogP contribution in [0.15, 0.2) is 109 Å². The van der Waals surface area contributed by atoms with E-state index in [1.807, 2.05) is 33.3 Å². The topological polar surface area (TPSA) is 111 Å². The second-order valence-electron chi connectivity index (χ2n) is 21.2. The van der Waals surface area contributed by atoms with Crippen LogP contribution in [0.3, 0.4) is 0 Å². The van der Waals surface area contributed by atoms with Crippen LogP contribution in [0, 0.1) is 0 Å². The fourth-order valence-corrected chi connectivity index (χ4v) is 8.79. The quantitative estimate of drug-likeness (QED) is 0.0156. The third-order valence-corrected chi connectivity index (χ3v) is 13.7. The van der Waals surface area contributed by atoms with E-state index in [0.717, 1.165) is 128 Å². The van der Waals surface area contributed by atoms with Crippen molar-refractivity contribution < 1.29 is 37.3 Å². The molecule has 0 aliphatic carbocycles. The Bertz CT molecular complexity index is 1650. The molecule has 3 unspecified atom stereocenters. The summed E-state index contributed by atoms with van der Waals surface area (Å²) in [4.78, 5) is 37.6. The Morgan fingerprint density at radius 2 is 0.893 bits per heavy atom. The van der Waals surface area contributed by atoms with E-state index in [-0.39, 0.29) is 31.5 Å². The molecule has 0 saturated carbocycles. The summed E-state index contributed by atoms with van der Waals surface area (Å²) in [5, 5.41) is 3.03. The van der Waals surface area contributed by atoms with E-state index in [0.29, 0.717) is 23.9 Å². The average molecular weight is 1070 g/mol. The van der Waals surface area contributed by atoms with Gasteiger partial charge in [0.1, 0.15) is 19.3 Å². The molecule has 1 amide bonds. The maximum absolute atomic E-state index is 13.5. The Labute approximate surface area is 461 Å². The molecule has 0 bridgehead atoms. The molecular weight excluding hydrogens is 952 g/mol. The van der Waals surface area contributed by atoms with Gasteiger partial charge in [-0.25, -0.2) is 4.57 Å². The number of hydrogen-bond donors (Lipinski definition) is 2. The van der Waals surface area contributed by atoms with Crippen LogP contribution in [0.1, 0.15) is 239 Å². The lowest BCUT2D eigenvalue weighted by Gasteiger charge is -2.27. The number of rotatable bonds is 53. The third kappa shape index (κ3) is 55.2. The van der Waals surface area contributed by atoms with Crippen molar-refractivity contribution >= 4 is 19.7 Å². The van der Waals surface area contributed by atoms with Crippen LogP contribution in [0.25, 0.3) is 0 Å². The molecule has 10 heteroatoms. The van der Waals surface area contributed by atoms with E-state index in [1.165, 1.54) is 70.6 Å². The second-order valence-corrected chi connectivity index (χ2v) is 22.6. The summed E-state index contributed by atoms with van der Waals surface area (Å²) in [7, 11) is 1.45. The highest BCUT2D eigenvalue weighted by Crippen LogP contribution is 2.43. The minimum absolute atomic E-state index is 0.0271. The molecule has 0 fully saturated rings. The first-order chi connectivity index (χ1) is 36.4. The number of phosphoric ester groups is 1. The van der Waals surface area contributed by atoms with Crippen LogP contribution in [-0.2, 0) is 27.9 Å². The molecule has 430 valence electrons. The zero-order valence-electron chi connectivity index (χ0n) is 49.0. The fraction of sp³-hybridized carbons (Fsp3) is 0.692. The van der Waals surface area contributed by atoms with Crippen molar-refractivity contribution in [1.29, 1.82) is 0 Å². The predicted molar refractivity (Wildman–Crippen MR) is 323 cm³/mol. The molecule has 0 aliphatic heterocycles. The Hall–Kier alpha value is -3.33. The number of hydrogen-bond acceptors (Lipinski definition) is 6. The Balaban J connectivity index is 5.30. The normalized spacial score (nSPS) is 14.5. The summed E-state index contributed by atoms with van der Waals surface area (Å²) < 4.78 is 30.6. The largest absolute Gasteiger partial charge is 0.472 e. The third-order valence-electron chi connectivity index (χ3n) is 12.7. The van der Waals surface area contributed by atoms with E-state index in [2.05, 4.69) is 123 Å². The molecule has 0 aliphatic rings. The first-order valence-corrected chi connectivity index (χ1v) is 31.7. The van der Waals surface area contributed by atoms with Crippen molar-refractivity contribution in [2.45, 2.75) is 251 Å². The number of likely N-dealkylation sites (N-methyl/N-ethyl adjacent to an activating group) is 1. The number of ether oxygens (including phenoxy) is 1. The molecular formula is C65H114N2O7P+. The summed E-state index contributed by atoms with van der Waals surface area (Å²) in [6, 6.07) is -0.873. The summed E-state index contributed by atoms with van der Waals surface area (Å²) >= 11 is 0. The van der Waals surface area contributed by atoms with Gasteiger partial charge in [-0.3, -0.25) is 18.6 Å². The molecule has 0 heterocycles. The highest BCUT2D eigenvalue weighted by molar-refractivity contribution is 7.47. The maximum atomic E-state index is 13.5. The van der Waals surface area contributed by atoms with Crippen LogP contribution in [-0.4, -0.2) is 74.3 Å². The highest BCUT2D eigenvalue weighted by Gasteiger charge is 2.30. The van der Waals surface area contributed by atoms with Gasteiger partial charge in [0.2, 0.25) is 5.91 Å². The molecule has 0 saturated heterocycles. The number of nitrogens with one attached hydrogen (secondary N) is 1. The number of nitrogens with zero attached hydrogens (tertiary/aromatic N) is 1. The minimum Gasteiger partial charge on any atom is -0.456 e. The van der Waals surface area contributed by atoms with Gasteiger partial charge in [0.15, 0.2) is 0 Å². The number of carbonyl (C=O) groups is 2. The Kier molecular flexibility index (Phi) is 51.6. The van der Waals surface area contributed by atoms with Crippen LogP contribution in [0.2, 0.25) is 0 Å². The standard InChI is InChI=1S/C65H113N2O7P/c1-7-10-13-16-19-22-25-27-29-30-31-32-33-34-35-36-38-39-42-45-48-51-54-57-64(68)66-62(61-73-75(70,71)72-60-59-67(4,5)6)63(56-53-50-47-44-41-24-21-18-15-12-9-3)74-65(69)58-55-52-49-46-43-40-37-28-26-23-20-17-14-11-8-2/h10,13,19-20,22-23,26-29,31-32,34-35,38-39,53,56,62-63H,7-9,11-12,14-18,21,24-25,30,33,36-37,40-52,54-55,57-61H2,1-6H3,(H-,66,68,70,71)/p+1/b13-10-,22-19-,23-20+,28-26+,29-27-,32-31-,35-34-,39-38-,56-53-. The van der Waals surface area contributed by atoms with Gasteiger partial charge >= 0.3 is 13.8 Å². The molecule has 0 radical (unpaired) electrons. The first kappa shape index (κ1) is 71.7. The zero-order valence-corrected chi connectivity index (χ0v) is 49.9. The van der Waals surface area contributed by atoms with E-state index in [1.54, 1.807) is 0 Å². The van der Waals surface area contributed by atoms with Crippen LogP contribution in [0.4, 0.5) is 0 Å². The smallest absolute Gasteiger partial charge is 0.456 e. The van der Waals surface area contributed by atoms with Crippen molar-refractivity contribution in [3.05, 3.63) is 109 Å². The van der Waals surface area contributed by atoms with Gasteiger partial charge in [0.25, 0.3) is 0 Å². The van der Waals surface area contributed by atoms with Crippen molar-refractivity contribution in [2.75, 3.05) is 40.9 Å². The van der Waals surface area contributed by atoms with Gasteiger partial charge in [0.05, 0.1) is 33.8 Å². The summed E-state index contributed by atoms with van der Waals surface area (Å²) in [5.74, 6) is -0.555. The van der Waals surface area contributed by atoms with Crippen molar-refractivity contribution in [3.63, 3.8) is 0 Å². The Morgan fingerprint density at radius 3 is 1.39 bits per heavy atom. The number of carbonyl (C=O) groups excluding carboxylic acids is 2. The van der Waals surface area contributed by atoms with E-state index in [9.17, 15) is 19.0 Å². The van der Waals surface area contributed by atoms with E-state index in [4.69, 9.17) is 13.8 Å². The molecule has 2 N–H and O–H groups in total. The fourth-order valence-electron chi connectivity index (χ4n) is 8.05. The van der Waals surface area contributed by atoms with Crippen LogP contribution >= 0.6 is 7.82 Å². The molecule has 0 aromatic carbocycles. The monoisotopic (exact) mass is 1070 g/mol. The number of phosphoric acid groups is 1. The number of unbranched alkanes of at least 4 members (excludes halogenated alkanes) is 22. The van der Waals surface area contributed by atoms with Gasteiger partial charge < -0.3 is 19.4 Å². The lowest BCUT2D eigenvalue weighted by Crippen LogP contribution is -2.47. The second kappa shape index (κ2) is 54.0. The zero-order chi connectivity index (χ0) is 55.0. The highest BCUT2D eigenvalue weighted by atomic mass is 31.2. The van der Waals surface area contributed by atoms with Gasteiger partial charge in [-0.05, 0) is 109 Å².